The monoisotopic (exact) mass is 296 g/mol. The Bertz CT molecular complexity index is 586. The number of aryl methyl sites for hydroxylation is 1. The molecule has 0 saturated carbocycles. The van der Waals surface area contributed by atoms with Gasteiger partial charge in [-0.15, -0.1) is 0 Å². The van der Waals surface area contributed by atoms with E-state index in [0.717, 1.165) is 23.0 Å². The summed E-state index contributed by atoms with van der Waals surface area (Å²) < 4.78 is 32.1. The maximum atomic E-state index is 10.4. The van der Waals surface area contributed by atoms with Crippen LogP contribution in [0.5, 0.6) is 0 Å². The van der Waals surface area contributed by atoms with E-state index >= 15 is 0 Å². The van der Waals surface area contributed by atoms with Gasteiger partial charge in [-0.2, -0.15) is 5.26 Å². The van der Waals surface area contributed by atoms with Gasteiger partial charge >= 0.3 is 0 Å². The van der Waals surface area contributed by atoms with Crippen molar-refractivity contribution in [3.05, 3.63) is 29.8 Å². The molecule has 0 aliphatic carbocycles. The van der Waals surface area contributed by atoms with Crippen molar-refractivity contribution in [3.63, 3.8) is 0 Å². The van der Waals surface area contributed by atoms with Crippen LogP contribution in [0, 0.1) is 18.3 Å². The molecule has 0 spiro atoms. The minimum absolute atomic E-state index is 0.178. The van der Waals surface area contributed by atoms with Crippen LogP contribution in [0.2, 0.25) is 0 Å². The molecular formula is C14H20N2O3S. The van der Waals surface area contributed by atoms with Crippen molar-refractivity contribution in [2.24, 2.45) is 0 Å². The molecule has 1 aliphatic rings. The van der Waals surface area contributed by atoms with Crippen LogP contribution in [0.15, 0.2) is 29.2 Å². The van der Waals surface area contributed by atoms with E-state index in [0.29, 0.717) is 0 Å². The van der Waals surface area contributed by atoms with Crippen molar-refractivity contribution in [2.75, 3.05) is 20.6 Å². The first-order valence-electron chi connectivity index (χ1n) is 6.41. The molecule has 0 amide bonds. The van der Waals surface area contributed by atoms with Gasteiger partial charge in [-0.25, -0.2) is 8.42 Å². The van der Waals surface area contributed by atoms with Crippen molar-refractivity contribution in [3.8, 4) is 6.07 Å². The summed E-state index contributed by atoms with van der Waals surface area (Å²) in [5.41, 5.74) is 0.928. The lowest BCUT2D eigenvalue weighted by atomic mass is 10.2. The third-order valence-electron chi connectivity index (χ3n) is 3.51. The Morgan fingerprint density at radius 1 is 1.30 bits per heavy atom. The summed E-state index contributed by atoms with van der Waals surface area (Å²) in [6, 6.07) is 8.36. The molecule has 2 rings (SSSR count). The van der Waals surface area contributed by atoms with E-state index < -0.39 is 10.1 Å². The fourth-order valence-electron chi connectivity index (χ4n) is 2.12. The van der Waals surface area contributed by atoms with E-state index in [1.54, 1.807) is 12.1 Å². The Morgan fingerprint density at radius 2 is 1.85 bits per heavy atom. The predicted molar refractivity (Wildman–Crippen MR) is 74.8 cm³/mol. The quantitative estimate of drug-likeness (QED) is 0.583. The summed E-state index contributed by atoms with van der Waals surface area (Å²) in [7, 11) is -0.0178. The van der Waals surface area contributed by atoms with Gasteiger partial charge in [0.1, 0.15) is 16.2 Å². The molecule has 5 nitrogen and oxygen atoms in total. The number of benzene rings is 1. The molecule has 0 bridgehead atoms. The Balaban J connectivity index is 0.000000204. The largest absolute Gasteiger partial charge is 0.744 e. The molecule has 1 aliphatic heterocycles. The SMILES string of the molecule is C[N+]1(C)CCCC1C#N.Cc1ccc(S(=O)(=O)[O-])cc1. The number of quaternary nitrogens is 1. The van der Waals surface area contributed by atoms with Crippen LogP contribution in [-0.4, -0.2) is 44.1 Å². The third kappa shape index (κ3) is 4.60. The minimum Gasteiger partial charge on any atom is -0.744 e. The first-order chi connectivity index (χ1) is 9.16. The van der Waals surface area contributed by atoms with Crippen LogP contribution in [0.3, 0.4) is 0 Å². The highest BCUT2D eigenvalue weighted by Crippen LogP contribution is 2.20. The molecule has 1 heterocycles. The maximum Gasteiger partial charge on any atom is 0.176 e. The standard InChI is InChI=1S/C7H13N2.C7H8O3S/c1-9(2)5-3-4-7(9)6-8;1-6-2-4-7(5-3-6)11(8,9)10/h7H,3-5H2,1-2H3;2-5H,1H3,(H,8,9,10)/q+1;/p-1. The number of nitriles is 1. The Kier molecular flexibility index (Phi) is 5.28. The van der Waals surface area contributed by atoms with E-state index in [-0.39, 0.29) is 10.9 Å². The fourth-order valence-corrected chi connectivity index (χ4v) is 2.59. The fraction of sp³-hybridized carbons (Fsp3) is 0.500. The van der Waals surface area contributed by atoms with Gasteiger partial charge in [0.2, 0.25) is 0 Å². The van der Waals surface area contributed by atoms with E-state index in [1.165, 1.54) is 18.6 Å². The topological polar surface area (TPSA) is 81.0 Å². The maximum absolute atomic E-state index is 10.4. The molecule has 0 N–H and O–H groups in total. The summed E-state index contributed by atoms with van der Waals surface area (Å²) in [4.78, 5) is -0.178. The summed E-state index contributed by atoms with van der Waals surface area (Å²) in [6.07, 6.45) is 2.30. The molecular weight excluding hydrogens is 276 g/mol. The lowest BCUT2D eigenvalue weighted by Gasteiger charge is -2.26. The molecule has 1 unspecified atom stereocenters. The van der Waals surface area contributed by atoms with Gasteiger partial charge in [-0.05, 0) is 19.1 Å². The zero-order valence-corrected chi connectivity index (χ0v) is 12.9. The number of rotatable bonds is 1. The van der Waals surface area contributed by atoms with E-state index in [2.05, 4.69) is 20.2 Å². The Labute approximate surface area is 120 Å². The van der Waals surface area contributed by atoms with Crippen molar-refractivity contribution in [1.29, 1.82) is 5.26 Å². The van der Waals surface area contributed by atoms with Gasteiger partial charge in [0.05, 0.1) is 25.5 Å². The van der Waals surface area contributed by atoms with Gasteiger partial charge in [-0.1, -0.05) is 17.7 Å². The van der Waals surface area contributed by atoms with Crippen LogP contribution in [0.4, 0.5) is 0 Å². The third-order valence-corrected chi connectivity index (χ3v) is 4.36. The van der Waals surface area contributed by atoms with E-state index in [4.69, 9.17) is 5.26 Å². The molecule has 1 atom stereocenters. The second-order valence-corrected chi connectivity index (χ2v) is 6.94. The van der Waals surface area contributed by atoms with Gasteiger partial charge in [-0.3, -0.25) is 0 Å². The van der Waals surface area contributed by atoms with Crippen molar-refractivity contribution < 1.29 is 17.5 Å². The first-order valence-corrected chi connectivity index (χ1v) is 7.82. The highest BCUT2D eigenvalue weighted by molar-refractivity contribution is 7.85. The summed E-state index contributed by atoms with van der Waals surface area (Å²) >= 11 is 0. The zero-order valence-electron chi connectivity index (χ0n) is 12.0. The molecule has 110 valence electrons. The average molecular weight is 296 g/mol. The van der Waals surface area contributed by atoms with Crippen molar-refractivity contribution in [1.82, 2.24) is 0 Å². The number of hydrogen-bond donors (Lipinski definition) is 0. The minimum atomic E-state index is -4.27. The number of nitrogens with zero attached hydrogens (tertiary/aromatic N) is 2. The van der Waals surface area contributed by atoms with Crippen LogP contribution in [0.1, 0.15) is 18.4 Å². The van der Waals surface area contributed by atoms with Gasteiger partial charge in [0, 0.05) is 12.8 Å². The van der Waals surface area contributed by atoms with Crippen LogP contribution < -0.4 is 0 Å². The highest BCUT2D eigenvalue weighted by Gasteiger charge is 2.33. The first kappa shape index (κ1) is 16.6. The molecule has 1 aromatic rings. The van der Waals surface area contributed by atoms with Gasteiger partial charge in [0.25, 0.3) is 0 Å². The predicted octanol–water partition coefficient (Wildman–Crippen LogP) is 1.65. The molecule has 6 heteroatoms. The summed E-state index contributed by atoms with van der Waals surface area (Å²) in [6.45, 7) is 2.99. The second kappa shape index (κ2) is 6.35. The molecule has 0 aromatic heterocycles. The molecule has 20 heavy (non-hydrogen) atoms. The summed E-state index contributed by atoms with van der Waals surface area (Å²) in [5, 5.41) is 8.64. The number of hydrogen-bond acceptors (Lipinski definition) is 4. The lowest BCUT2D eigenvalue weighted by molar-refractivity contribution is -0.894. The normalized spacial score (nSPS) is 20.6. The van der Waals surface area contributed by atoms with E-state index in [1.807, 2.05) is 6.92 Å². The smallest absolute Gasteiger partial charge is 0.176 e. The van der Waals surface area contributed by atoms with Crippen molar-refractivity contribution in [2.45, 2.75) is 30.7 Å². The lowest BCUT2D eigenvalue weighted by Crippen LogP contribution is -2.42. The van der Waals surface area contributed by atoms with Crippen LogP contribution in [-0.2, 0) is 10.1 Å². The van der Waals surface area contributed by atoms with Gasteiger partial charge < -0.3 is 9.04 Å². The zero-order chi connectivity index (χ0) is 15.4. The molecule has 1 fully saturated rings. The Morgan fingerprint density at radius 3 is 2.15 bits per heavy atom. The molecule has 0 radical (unpaired) electrons. The Hall–Kier alpha value is -1.42. The summed E-state index contributed by atoms with van der Waals surface area (Å²) in [5.74, 6) is 0. The van der Waals surface area contributed by atoms with E-state index in [9.17, 15) is 13.0 Å². The van der Waals surface area contributed by atoms with Crippen molar-refractivity contribution >= 4 is 10.1 Å². The van der Waals surface area contributed by atoms with Gasteiger partial charge in [0.15, 0.2) is 6.04 Å². The molecule has 1 aromatic carbocycles. The second-order valence-electron chi connectivity index (χ2n) is 5.56. The van der Waals surface area contributed by atoms with Crippen LogP contribution in [0.25, 0.3) is 0 Å². The molecule has 1 saturated heterocycles. The van der Waals surface area contributed by atoms with Crippen LogP contribution >= 0.6 is 0 Å². The average Bonchev–Trinajstić information content (AvgIpc) is 2.68. The number of likely N-dealkylation sites (tertiary alicyclic amines) is 1. The highest BCUT2D eigenvalue weighted by atomic mass is 32.2.